The number of benzene rings is 4. The number of anilines is 1. The van der Waals surface area contributed by atoms with Gasteiger partial charge in [0, 0.05) is 35.5 Å². The maximum absolute atomic E-state index is 13.6. The van der Waals surface area contributed by atoms with Crippen molar-refractivity contribution in [3.05, 3.63) is 108 Å². The second kappa shape index (κ2) is 13.3. The largest absolute Gasteiger partial charge is 0.755 e. The van der Waals surface area contributed by atoms with Crippen molar-refractivity contribution < 1.29 is 18.3 Å². The first-order valence-corrected chi connectivity index (χ1v) is 15.2. The molecule has 0 saturated heterocycles. The lowest BCUT2D eigenvalue weighted by molar-refractivity contribution is -0.122. The first-order valence-electron chi connectivity index (χ1n) is 14.2. The first kappa shape index (κ1) is 28.8. The van der Waals surface area contributed by atoms with Gasteiger partial charge in [-0.25, -0.2) is 0 Å². The molecule has 1 N–H and O–H groups in total. The highest BCUT2D eigenvalue weighted by Gasteiger charge is 2.28. The van der Waals surface area contributed by atoms with E-state index in [9.17, 15) is 13.6 Å². The van der Waals surface area contributed by atoms with Crippen molar-refractivity contribution >= 4 is 33.6 Å². The third kappa shape index (κ3) is 6.78. The van der Waals surface area contributed by atoms with E-state index in [1.54, 1.807) is 6.07 Å². The van der Waals surface area contributed by atoms with Gasteiger partial charge in [0.15, 0.2) is 0 Å². The molecule has 8 heteroatoms. The van der Waals surface area contributed by atoms with Crippen LogP contribution in [-0.2, 0) is 22.6 Å². The second-order valence-corrected chi connectivity index (χ2v) is 11.1. The van der Waals surface area contributed by atoms with Gasteiger partial charge in [0.2, 0.25) is 5.91 Å². The molecule has 41 heavy (non-hydrogen) atoms. The van der Waals surface area contributed by atoms with Gasteiger partial charge in [-0.3, -0.25) is 18.2 Å². The molecular formula is C33H36N3O4S-. The number of nitrogens with zero attached hydrogens (tertiary/aromatic N) is 2. The minimum atomic E-state index is -2.62. The Kier molecular flexibility index (Phi) is 9.34. The predicted octanol–water partition coefficient (Wildman–Crippen LogP) is 6.05. The highest BCUT2D eigenvalue weighted by molar-refractivity contribution is 7.80. The van der Waals surface area contributed by atoms with Crippen LogP contribution in [0.2, 0.25) is 0 Å². The van der Waals surface area contributed by atoms with Crippen LogP contribution in [0.25, 0.3) is 10.8 Å². The summed E-state index contributed by atoms with van der Waals surface area (Å²) in [4.78, 5) is 15.9. The quantitative estimate of drug-likeness (QED) is 0.222. The number of nitrogens with one attached hydrogen (secondary N) is 1. The zero-order valence-electron chi connectivity index (χ0n) is 23.5. The van der Waals surface area contributed by atoms with Gasteiger partial charge in [-0.2, -0.15) is 0 Å². The number of hydrogen-bond donors (Lipinski definition) is 1. The molecule has 4 aromatic carbocycles. The molecule has 1 heterocycles. The van der Waals surface area contributed by atoms with Crippen LogP contribution in [-0.4, -0.2) is 39.3 Å². The van der Waals surface area contributed by atoms with Crippen LogP contribution in [0.5, 0.6) is 5.75 Å². The number of carbonyl (C=O) groups excluding carboxylic acids is 1. The van der Waals surface area contributed by atoms with Crippen molar-refractivity contribution in [3.8, 4) is 5.75 Å². The molecular weight excluding hydrogens is 534 g/mol. The number of ether oxygens (including phenoxy) is 1. The molecule has 1 aliphatic heterocycles. The van der Waals surface area contributed by atoms with Crippen LogP contribution in [0.1, 0.15) is 55.5 Å². The summed E-state index contributed by atoms with van der Waals surface area (Å²) in [6, 6.07) is 27.9. The van der Waals surface area contributed by atoms with Gasteiger partial charge in [-0.15, -0.1) is 0 Å². The van der Waals surface area contributed by atoms with Gasteiger partial charge in [0.25, 0.3) is 0 Å². The van der Waals surface area contributed by atoms with Gasteiger partial charge in [-0.1, -0.05) is 86.6 Å². The minimum absolute atomic E-state index is 0.0302. The summed E-state index contributed by atoms with van der Waals surface area (Å²) in [6.45, 7) is 7.59. The van der Waals surface area contributed by atoms with E-state index in [4.69, 9.17) is 4.74 Å². The first-order chi connectivity index (χ1) is 20.0. The highest BCUT2D eigenvalue weighted by Crippen LogP contribution is 2.36. The van der Waals surface area contributed by atoms with E-state index < -0.39 is 17.3 Å². The Hall–Kier alpha value is -3.72. The average molecular weight is 571 g/mol. The third-order valence-electron chi connectivity index (χ3n) is 7.75. The van der Waals surface area contributed by atoms with Gasteiger partial charge < -0.3 is 14.6 Å². The predicted molar refractivity (Wildman–Crippen MR) is 163 cm³/mol. The van der Waals surface area contributed by atoms with Crippen LogP contribution in [0.15, 0.2) is 91.0 Å². The molecule has 1 amide bonds. The average Bonchev–Trinajstić information content (AvgIpc) is 2.99. The van der Waals surface area contributed by atoms with Crippen LogP contribution >= 0.6 is 0 Å². The van der Waals surface area contributed by atoms with Crippen LogP contribution < -0.4 is 14.4 Å². The summed E-state index contributed by atoms with van der Waals surface area (Å²) < 4.78 is 32.7. The van der Waals surface area contributed by atoms with Crippen molar-refractivity contribution in [1.29, 1.82) is 0 Å². The SMILES string of the molecule is CCN(CC)Cc1ccc2c(c1)OCCC2NC(=O)CC(c1ccccc1)N(c1ccc2ccccc2c1)S(=O)[O-]. The van der Waals surface area contributed by atoms with Crippen molar-refractivity contribution in [2.45, 2.75) is 45.3 Å². The summed E-state index contributed by atoms with van der Waals surface area (Å²) in [7, 11) is 0. The van der Waals surface area contributed by atoms with Crippen LogP contribution in [0.3, 0.4) is 0 Å². The molecule has 0 spiro atoms. The molecule has 0 saturated carbocycles. The van der Waals surface area contributed by atoms with Crippen LogP contribution in [0, 0.1) is 0 Å². The van der Waals surface area contributed by atoms with E-state index in [2.05, 4.69) is 36.2 Å². The summed E-state index contributed by atoms with van der Waals surface area (Å²) in [5.41, 5.74) is 3.37. The van der Waals surface area contributed by atoms with E-state index in [0.29, 0.717) is 18.7 Å². The summed E-state index contributed by atoms with van der Waals surface area (Å²) in [6.07, 6.45) is 0.615. The molecule has 214 valence electrons. The standard InChI is InChI=1S/C33H37N3O4S/c1-3-35(4-2)23-24-14-17-29-30(18-19-40-32(29)20-24)34-33(37)22-31(26-11-6-5-7-12-26)36(41(38)39)28-16-15-25-10-8-9-13-27(25)21-28/h5-17,20-21,30-31H,3-4,18-19,22-23H2,1-2H3,(H,34,37)(H,38,39)/p-1. The minimum Gasteiger partial charge on any atom is -0.755 e. The summed E-state index contributed by atoms with van der Waals surface area (Å²) in [5.74, 6) is 0.574. The molecule has 3 atom stereocenters. The number of amides is 1. The Morgan fingerprint density at radius 1 is 0.976 bits per heavy atom. The van der Waals surface area contributed by atoms with Crippen molar-refractivity contribution in [1.82, 2.24) is 10.2 Å². The molecule has 0 aromatic heterocycles. The fourth-order valence-electron chi connectivity index (χ4n) is 5.51. The number of carbonyl (C=O) groups is 1. The Bertz CT molecular complexity index is 1510. The third-order valence-corrected chi connectivity index (χ3v) is 8.53. The van der Waals surface area contributed by atoms with Gasteiger partial charge >= 0.3 is 0 Å². The molecule has 1 aliphatic rings. The lowest BCUT2D eigenvalue weighted by atomic mass is 9.97. The fraction of sp³-hybridized carbons (Fsp3) is 0.303. The van der Waals surface area contributed by atoms with Gasteiger partial charge in [-0.05, 0) is 53.2 Å². The van der Waals surface area contributed by atoms with E-state index in [1.807, 2.05) is 72.8 Å². The topological polar surface area (TPSA) is 84.9 Å². The molecule has 7 nitrogen and oxygen atoms in total. The maximum Gasteiger partial charge on any atom is 0.222 e. The maximum atomic E-state index is 13.6. The van der Waals surface area contributed by atoms with E-state index in [-0.39, 0.29) is 18.4 Å². The zero-order chi connectivity index (χ0) is 28.8. The van der Waals surface area contributed by atoms with Gasteiger partial charge in [0.1, 0.15) is 5.75 Å². The molecule has 5 rings (SSSR count). The number of fused-ring (bicyclic) bond motifs is 2. The molecule has 0 aliphatic carbocycles. The molecule has 0 bridgehead atoms. The Balaban J connectivity index is 1.39. The Morgan fingerprint density at radius 2 is 1.71 bits per heavy atom. The Morgan fingerprint density at radius 3 is 2.44 bits per heavy atom. The lowest BCUT2D eigenvalue weighted by Gasteiger charge is -2.35. The number of rotatable bonds is 11. The Labute approximate surface area is 244 Å². The molecule has 0 fully saturated rings. The van der Waals surface area contributed by atoms with E-state index >= 15 is 0 Å². The zero-order valence-corrected chi connectivity index (χ0v) is 24.3. The lowest BCUT2D eigenvalue weighted by Crippen LogP contribution is -2.37. The van der Waals surface area contributed by atoms with E-state index in [1.165, 1.54) is 9.87 Å². The van der Waals surface area contributed by atoms with E-state index in [0.717, 1.165) is 47.3 Å². The fourth-order valence-corrected chi connectivity index (χ4v) is 6.20. The summed E-state index contributed by atoms with van der Waals surface area (Å²) in [5, 5.41) is 5.12. The smallest absolute Gasteiger partial charge is 0.222 e. The second-order valence-electron chi connectivity index (χ2n) is 10.3. The normalized spacial score (nSPS) is 16.0. The number of hydrogen-bond acceptors (Lipinski definition) is 5. The highest BCUT2D eigenvalue weighted by atomic mass is 32.2. The van der Waals surface area contributed by atoms with Crippen molar-refractivity contribution in [2.24, 2.45) is 0 Å². The van der Waals surface area contributed by atoms with Crippen molar-refractivity contribution in [3.63, 3.8) is 0 Å². The van der Waals surface area contributed by atoms with Crippen LogP contribution in [0.4, 0.5) is 5.69 Å². The molecule has 0 radical (unpaired) electrons. The molecule has 4 aromatic rings. The van der Waals surface area contributed by atoms with Crippen molar-refractivity contribution in [2.75, 3.05) is 24.0 Å². The van der Waals surface area contributed by atoms with Gasteiger partial charge in [0.05, 0.1) is 25.1 Å². The summed E-state index contributed by atoms with van der Waals surface area (Å²) >= 11 is -2.62. The monoisotopic (exact) mass is 570 g/mol. The molecule has 3 unspecified atom stereocenters.